The van der Waals surface area contributed by atoms with Crippen LogP contribution in [0.1, 0.15) is 15.4 Å². The number of rotatable bonds is 3. The number of aromatic nitrogens is 2. The van der Waals surface area contributed by atoms with Gasteiger partial charge in [-0.2, -0.15) is 0 Å². The molecule has 0 fully saturated rings. The van der Waals surface area contributed by atoms with Crippen LogP contribution >= 0.6 is 49.9 Å². The van der Waals surface area contributed by atoms with Gasteiger partial charge in [-0.05, 0) is 56.9 Å². The Hall–Kier alpha value is -0.540. The standard InChI is InChI=1S/C11H8BrIN2O2S/c1-6-9(13)11(17)15(5-14-6)4-8(16)10-7(12)2-3-18-10/h2-3,5H,4H2,1H3. The zero-order chi connectivity index (χ0) is 13.3. The SMILES string of the molecule is Cc1ncn(CC(=O)c2sccc2Br)c(=O)c1I. The van der Waals surface area contributed by atoms with Crippen LogP contribution in [0.5, 0.6) is 0 Å². The monoisotopic (exact) mass is 438 g/mol. The van der Waals surface area contributed by atoms with Crippen LogP contribution < -0.4 is 5.56 Å². The Morgan fingerprint density at radius 3 is 2.94 bits per heavy atom. The van der Waals surface area contributed by atoms with Gasteiger partial charge in [0.25, 0.3) is 5.56 Å². The summed E-state index contributed by atoms with van der Waals surface area (Å²) in [5.41, 5.74) is 0.505. The average Bonchev–Trinajstić information content (AvgIpc) is 2.76. The zero-order valence-electron chi connectivity index (χ0n) is 9.31. The summed E-state index contributed by atoms with van der Waals surface area (Å²) >= 11 is 6.61. The van der Waals surface area contributed by atoms with E-state index in [2.05, 4.69) is 20.9 Å². The molecule has 0 unspecified atom stereocenters. The molecule has 0 aliphatic carbocycles. The lowest BCUT2D eigenvalue weighted by atomic mass is 10.3. The average molecular weight is 439 g/mol. The Morgan fingerprint density at radius 1 is 1.61 bits per heavy atom. The fourth-order valence-corrected chi connectivity index (χ4v) is 3.35. The van der Waals surface area contributed by atoms with Crippen LogP contribution in [0.15, 0.2) is 27.0 Å². The predicted octanol–water partition coefficient (Wildman–Crippen LogP) is 2.86. The molecule has 7 heteroatoms. The van der Waals surface area contributed by atoms with Crippen molar-refractivity contribution >= 4 is 55.6 Å². The molecule has 94 valence electrons. The molecule has 0 spiro atoms. The van der Waals surface area contributed by atoms with Crippen molar-refractivity contribution in [1.82, 2.24) is 9.55 Å². The number of hydrogen-bond donors (Lipinski definition) is 0. The summed E-state index contributed by atoms with van der Waals surface area (Å²) in [5, 5.41) is 1.83. The summed E-state index contributed by atoms with van der Waals surface area (Å²) in [4.78, 5) is 28.7. The van der Waals surface area contributed by atoms with Gasteiger partial charge in [0.2, 0.25) is 0 Å². The molecule has 0 amide bonds. The third-order valence-electron chi connectivity index (χ3n) is 2.34. The summed E-state index contributed by atoms with van der Waals surface area (Å²) in [6.07, 6.45) is 1.42. The zero-order valence-corrected chi connectivity index (χ0v) is 13.9. The van der Waals surface area contributed by atoms with Crippen molar-refractivity contribution in [2.75, 3.05) is 0 Å². The van der Waals surface area contributed by atoms with Crippen LogP contribution in [0.25, 0.3) is 0 Å². The maximum Gasteiger partial charge on any atom is 0.267 e. The first-order chi connectivity index (χ1) is 8.50. The number of nitrogens with zero attached hydrogens (tertiary/aromatic N) is 2. The molecule has 0 N–H and O–H groups in total. The molecule has 0 saturated heterocycles. The summed E-state index contributed by atoms with van der Waals surface area (Å²) in [6, 6.07) is 1.82. The van der Waals surface area contributed by atoms with E-state index in [9.17, 15) is 9.59 Å². The molecule has 0 aliphatic rings. The molecule has 0 bridgehead atoms. The van der Waals surface area contributed by atoms with Crippen LogP contribution in [0.4, 0.5) is 0 Å². The van der Waals surface area contributed by atoms with E-state index in [0.717, 1.165) is 4.47 Å². The summed E-state index contributed by atoms with van der Waals surface area (Å²) in [5.74, 6) is -0.0968. The van der Waals surface area contributed by atoms with Crippen molar-refractivity contribution in [2.45, 2.75) is 13.5 Å². The third-order valence-corrected chi connectivity index (χ3v) is 5.46. The van der Waals surface area contributed by atoms with E-state index in [1.807, 2.05) is 34.0 Å². The molecule has 0 aliphatic heterocycles. The van der Waals surface area contributed by atoms with E-state index >= 15 is 0 Å². The molecule has 2 aromatic heterocycles. The molecule has 4 nitrogen and oxygen atoms in total. The maximum atomic E-state index is 12.0. The number of halogens is 2. The minimum Gasteiger partial charge on any atom is -0.291 e. The highest BCUT2D eigenvalue weighted by molar-refractivity contribution is 14.1. The molecule has 2 rings (SSSR count). The van der Waals surface area contributed by atoms with Crippen molar-refractivity contribution in [2.24, 2.45) is 0 Å². The number of ketones is 1. The van der Waals surface area contributed by atoms with Crippen LogP contribution in [0.3, 0.4) is 0 Å². The second kappa shape index (κ2) is 5.62. The van der Waals surface area contributed by atoms with Crippen molar-refractivity contribution in [1.29, 1.82) is 0 Å². The lowest BCUT2D eigenvalue weighted by molar-refractivity contribution is 0.0973. The van der Waals surface area contributed by atoms with Gasteiger partial charge in [0.1, 0.15) is 0 Å². The van der Waals surface area contributed by atoms with E-state index in [1.165, 1.54) is 22.2 Å². The quantitative estimate of drug-likeness (QED) is 0.547. The molecule has 0 saturated carbocycles. The van der Waals surface area contributed by atoms with Gasteiger partial charge >= 0.3 is 0 Å². The van der Waals surface area contributed by atoms with E-state index in [1.54, 1.807) is 6.92 Å². The van der Waals surface area contributed by atoms with Gasteiger partial charge in [-0.15, -0.1) is 11.3 Å². The molecule has 2 aromatic rings. The number of carbonyl (C=O) groups is 1. The van der Waals surface area contributed by atoms with Gasteiger partial charge in [0.05, 0.1) is 27.0 Å². The summed E-state index contributed by atoms with van der Waals surface area (Å²) in [6.45, 7) is 1.78. The normalized spacial score (nSPS) is 10.6. The van der Waals surface area contributed by atoms with Crippen LogP contribution in [-0.4, -0.2) is 15.3 Å². The Bertz CT molecular complexity index is 665. The Labute approximate surface area is 129 Å². The van der Waals surface area contributed by atoms with E-state index in [-0.39, 0.29) is 17.9 Å². The molecule has 0 aromatic carbocycles. The van der Waals surface area contributed by atoms with Gasteiger partial charge in [0.15, 0.2) is 5.78 Å². The third kappa shape index (κ3) is 2.72. The van der Waals surface area contributed by atoms with E-state index < -0.39 is 0 Å². The number of Topliss-reactive ketones (excluding diaryl/α,β-unsaturated/α-hetero) is 1. The number of thiophene rings is 1. The fourth-order valence-electron chi connectivity index (χ4n) is 1.38. The van der Waals surface area contributed by atoms with Crippen LogP contribution in [0.2, 0.25) is 0 Å². The second-order valence-corrected chi connectivity index (χ2v) is 6.45. The van der Waals surface area contributed by atoms with Crippen molar-refractivity contribution < 1.29 is 4.79 Å². The van der Waals surface area contributed by atoms with Gasteiger partial charge in [-0.1, -0.05) is 0 Å². The minimum absolute atomic E-state index is 0.0151. The van der Waals surface area contributed by atoms with Gasteiger partial charge in [0, 0.05) is 4.47 Å². The fraction of sp³-hybridized carbons (Fsp3) is 0.182. The van der Waals surface area contributed by atoms with Crippen molar-refractivity contribution in [3.8, 4) is 0 Å². The van der Waals surface area contributed by atoms with Gasteiger partial charge < -0.3 is 0 Å². The highest BCUT2D eigenvalue weighted by Gasteiger charge is 2.14. The molecular weight excluding hydrogens is 431 g/mol. The molecular formula is C11H8BrIN2O2S. The largest absolute Gasteiger partial charge is 0.291 e. The molecule has 0 radical (unpaired) electrons. The Morgan fingerprint density at radius 2 is 2.33 bits per heavy atom. The molecule has 2 heterocycles. The van der Waals surface area contributed by atoms with Gasteiger partial charge in [-0.25, -0.2) is 4.98 Å². The number of aryl methyl sites for hydroxylation is 1. The van der Waals surface area contributed by atoms with Crippen LogP contribution in [0, 0.1) is 10.5 Å². The lowest BCUT2D eigenvalue weighted by Crippen LogP contribution is -2.27. The molecule has 0 atom stereocenters. The smallest absolute Gasteiger partial charge is 0.267 e. The second-order valence-electron chi connectivity index (χ2n) is 3.60. The Balaban J connectivity index is 2.31. The van der Waals surface area contributed by atoms with Gasteiger partial charge in [-0.3, -0.25) is 14.2 Å². The first-order valence-corrected chi connectivity index (χ1v) is 7.73. The topological polar surface area (TPSA) is 52.0 Å². The first-order valence-electron chi connectivity index (χ1n) is 4.98. The molecule has 18 heavy (non-hydrogen) atoms. The van der Waals surface area contributed by atoms with E-state index in [4.69, 9.17) is 0 Å². The number of hydrogen-bond acceptors (Lipinski definition) is 4. The highest BCUT2D eigenvalue weighted by atomic mass is 127. The van der Waals surface area contributed by atoms with Crippen molar-refractivity contribution in [3.63, 3.8) is 0 Å². The summed E-state index contributed by atoms with van der Waals surface area (Å²) < 4.78 is 2.65. The van der Waals surface area contributed by atoms with Crippen molar-refractivity contribution in [3.05, 3.63) is 46.7 Å². The van der Waals surface area contributed by atoms with Crippen LogP contribution in [-0.2, 0) is 6.54 Å². The first kappa shape index (κ1) is 13.9. The lowest BCUT2D eigenvalue weighted by Gasteiger charge is -2.05. The maximum absolute atomic E-state index is 12.0. The summed E-state index contributed by atoms with van der Waals surface area (Å²) in [7, 11) is 0. The predicted molar refractivity (Wildman–Crippen MR) is 82.3 cm³/mol. The highest BCUT2D eigenvalue weighted by Crippen LogP contribution is 2.23. The minimum atomic E-state index is -0.177. The van der Waals surface area contributed by atoms with E-state index in [0.29, 0.717) is 14.1 Å². The Kier molecular flexibility index (Phi) is 4.33. The number of carbonyl (C=O) groups excluding carboxylic acids is 1.